The van der Waals surface area contributed by atoms with E-state index in [1.807, 2.05) is 32.9 Å². The summed E-state index contributed by atoms with van der Waals surface area (Å²) in [5.41, 5.74) is 11.3. The van der Waals surface area contributed by atoms with E-state index in [2.05, 4.69) is 5.43 Å². The molecule has 0 bridgehead atoms. The van der Waals surface area contributed by atoms with Crippen molar-refractivity contribution in [2.45, 2.75) is 63.4 Å². The fourth-order valence-corrected chi connectivity index (χ4v) is 3.14. The smallest absolute Gasteiger partial charge is 0.204 e. The van der Waals surface area contributed by atoms with Crippen molar-refractivity contribution in [3.8, 4) is 0 Å². The van der Waals surface area contributed by atoms with Gasteiger partial charge in [0.1, 0.15) is 18.3 Å². The second-order valence-electron chi connectivity index (χ2n) is 6.27. The molecule has 3 heterocycles. The van der Waals surface area contributed by atoms with Crippen LogP contribution in [0.1, 0.15) is 27.7 Å². The summed E-state index contributed by atoms with van der Waals surface area (Å²) in [4.78, 5) is 0. The van der Waals surface area contributed by atoms with E-state index in [4.69, 9.17) is 29.2 Å². The monoisotopic (exact) mass is 287 g/mol. The third-order valence-electron chi connectivity index (χ3n) is 3.69. The number of ether oxygens (including phenoxy) is 5. The minimum absolute atomic E-state index is 0.192. The van der Waals surface area contributed by atoms with Crippen LogP contribution in [0.4, 0.5) is 0 Å². The van der Waals surface area contributed by atoms with Crippen LogP contribution in [0.3, 0.4) is 0 Å². The van der Waals surface area contributed by atoms with Crippen LogP contribution >= 0.6 is 0 Å². The molecule has 3 aliphatic rings. The minimum Gasteiger partial charge on any atom is -0.344 e. The lowest BCUT2D eigenvalue weighted by Gasteiger charge is -2.41. The van der Waals surface area contributed by atoms with Crippen LogP contribution < -0.4 is 10.6 Å². The molecule has 0 saturated carbocycles. The van der Waals surface area contributed by atoms with Gasteiger partial charge in [-0.1, -0.05) is 0 Å². The number of hydrogen-bond donors (Lipinski definition) is 2. The Labute approximate surface area is 117 Å². The molecule has 0 radical (unpaired) electrons. The first-order valence-electron chi connectivity index (χ1n) is 6.76. The molecule has 8 nitrogen and oxygen atoms in total. The summed E-state index contributed by atoms with van der Waals surface area (Å²) in [6, 6.07) is 0. The van der Waals surface area contributed by atoms with Crippen molar-refractivity contribution < 1.29 is 28.9 Å². The SMILES string of the molecule is CC1(C)OC2COC3(CN[NH+]=[N-])OC(C)(C)OC3C2O1. The van der Waals surface area contributed by atoms with E-state index in [1.165, 1.54) is 0 Å². The van der Waals surface area contributed by atoms with E-state index < -0.39 is 23.5 Å². The zero-order valence-corrected chi connectivity index (χ0v) is 12.1. The number of rotatable bonds is 3. The summed E-state index contributed by atoms with van der Waals surface area (Å²) < 4.78 is 29.5. The lowest BCUT2D eigenvalue weighted by Crippen LogP contribution is -2.79. The van der Waals surface area contributed by atoms with Crippen molar-refractivity contribution in [2.75, 3.05) is 13.2 Å². The Morgan fingerprint density at radius 3 is 2.60 bits per heavy atom. The van der Waals surface area contributed by atoms with Crippen molar-refractivity contribution >= 4 is 0 Å². The van der Waals surface area contributed by atoms with Crippen LogP contribution in [0.15, 0.2) is 0 Å². The van der Waals surface area contributed by atoms with Gasteiger partial charge in [0.15, 0.2) is 11.6 Å². The number of hydrogen-bond acceptors (Lipinski definition) is 5. The topological polar surface area (TPSA) is 94.5 Å². The van der Waals surface area contributed by atoms with E-state index in [-0.39, 0.29) is 18.8 Å². The molecule has 3 rings (SSSR count). The lowest BCUT2D eigenvalue weighted by molar-refractivity contribution is -0.555. The predicted molar refractivity (Wildman–Crippen MR) is 64.9 cm³/mol. The molecule has 114 valence electrons. The maximum absolute atomic E-state index is 8.75. The average Bonchev–Trinajstić information content (AvgIpc) is 2.78. The highest BCUT2D eigenvalue weighted by atomic mass is 16.9. The molecule has 4 atom stereocenters. The van der Waals surface area contributed by atoms with E-state index in [0.717, 1.165) is 0 Å². The summed E-state index contributed by atoms with van der Waals surface area (Å²) >= 11 is 0. The zero-order valence-electron chi connectivity index (χ0n) is 12.1. The van der Waals surface area contributed by atoms with Crippen LogP contribution in [0.2, 0.25) is 0 Å². The van der Waals surface area contributed by atoms with Crippen LogP contribution in [-0.2, 0) is 23.7 Å². The molecule has 0 amide bonds. The van der Waals surface area contributed by atoms with Gasteiger partial charge in [-0.15, -0.1) is 0 Å². The van der Waals surface area contributed by atoms with E-state index in [0.29, 0.717) is 6.61 Å². The fourth-order valence-electron chi connectivity index (χ4n) is 3.14. The van der Waals surface area contributed by atoms with Gasteiger partial charge in [-0.3, -0.25) is 5.43 Å². The van der Waals surface area contributed by atoms with Gasteiger partial charge in [0.2, 0.25) is 5.79 Å². The number of nitrogens with zero attached hydrogens (tertiary/aromatic N) is 1. The first-order valence-corrected chi connectivity index (χ1v) is 6.76. The molecule has 4 unspecified atom stereocenters. The van der Waals surface area contributed by atoms with Gasteiger partial charge in [-0.25, -0.2) is 0 Å². The molecular weight excluding hydrogens is 266 g/mol. The number of nitrogens with one attached hydrogen (secondary N) is 2. The third kappa shape index (κ3) is 2.21. The number of hydrazine groups is 1. The Morgan fingerprint density at radius 2 is 1.90 bits per heavy atom. The van der Waals surface area contributed by atoms with Gasteiger partial charge < -0.3 is 23.7 Å². The molecule has 8 heteroatoms. The second kappa shape index (κ2) is 4.35. The average molecular weight is 287 g/mol. The van der Waals surface area contributed by atoms with Gasteiger partial charge in [0.25, 0.3) is 0 Å². The Bertz CT molecular complexity index is 416. The molecular formula is C12H21N3O5. The van der Waals surface area contributed by atoms with Gasteiger partial charge in [-0.05, 0) is 27.7 Å². The van der Waals surface area contributed by atoms with Crippen molar-refractivity contribution in [1.82, 2.24) is 5.43 Å². The summed E-state index contributed by atoms with van der Waals surface area (Å²) in [5, 5.41) is 1.89. The minimum atomic E-state index is -1.02. The Hall–Kier alpha value is -0.800. The zero-order chi connectivity index (χ0) is 14.6. The largest absolute Gasteiger partial charge is 0.344 e. The first kappa shape index (κ1) is 14.2. The normalized spacial score (nSPS) is 44.7. The Kier molecular flexibility index (Phi) is 3.07. The molecule has 0 aliphatic carbocycles. The molecule has 0 aromatic carbocycles. The van der Waals surface area contributed by atoms with Gasteiger partial charge in [-0.2, -0.15) is 10.8 Å². The highest BCUT2D eigenvalue weighted by molar-refractivity contribution is 5.03. The van der Waals surface area contributed by atoms with Crippen LogP contribution in [0, 0.1) is 0 Å². The van der Waals surface area contributed by atoms with Crippen LogP contribution in [-0.4, -0.2) is 48.8 Å². The molecule has 3 aliphatic heterocycles. The maximum Gasteiger partial charge on any atom is 0.204 e. The van der Waals surface area contributed by atoms with E-state index in [9.17, 15) is 0 Å². The Balaban J connectivity index is 1.87. The highest BCUT2D eigenvalue weighted by Crippen LogP contribution is 2.46. The van der Waals surface area contributed by atoms with Crippen LogP contribution in [0.5, 0.6) is 0 Å². The van der Waals surface area contributed by atoms with Gasteiger partial charge in [0.05, 0.1) is 13.2 Å². The van der Waals surface area contributed by atoms with Crippen molar-refractivity contribution in [3.05, 3.63) is 5.53 Å². The standard InChI is InChI=1S/C12H21N3O5/c1-10(2)17-7-5-16-12(6-14-15-13)9(8(7)18-10)19-11(3,4)20-12/h7-9,15H,5-6H2,1-4H3,(H-,13,14). The molecule has 3 saturated heterocycles. The molecule has 0 aromatic heterocycles. The summed E-state index contributed by atoms with van der Waals surface area (Å²) in [6.45, 7) is 7.92. The van der Waals surface area contributed by atoms with Crippen molar-refractivity contribution in [1.29, 1.82) is 0 Å². The lowest BCUT2D eigenvalue weighted by atomic mass is 9.97. The predicted octanol–water partition coefficient (Wildman–Crippen LogP) is -1.01. The molecule has 20 heavy (non-hydrogen) atoms. The van der Waals surface area contributed by atoms with E-state index >= 15 is 0 Å². The van der Waals surface area contributed by atoms with Crippen molar-refractivity contribution in [2.24, 2.45) is 0 Å². The first-order chi connectivity index (χ1) is 9.27. The Morgan fingerprint density at radius 1 is 1.15 bits per heavy atom. The van der Waals surface area contributed by atoms with Gasteiger partial charge in [0, 0.05) is 0 Å². The van der Waals surface area contributed by atoms with E-state index in [1.54, 1.807) is 0 Å². The summed E-state index contributed by atoms with van der Waals surface area (Å²) in [5.74, 6) is -2.50. The summed E-state index contributed by atoms with van der Waals surface area (Å²) in [6.07, 6.45) is -0.914. The van der Waals surface area contributed by atoms with Crippen molar-refractivity contribution in [3.63, 3.8) is 0 Å². The van der Waals surface area contributed by atoms with Crippen LogP contribution in [0.25, 0.3) is 5.53 Å². The maximum atomic E-state index is 8.75. The third-order valence-corrected chi connectivity index (χ3v) is 3.69. The second-order valence-corrected chi connectivity index (χ2v) is 6.27. The van der Waals surface area contributed by atoms with Gasteiger partial charge >= 0.3 is 0 Å². The fraction of sp³-hybridized carbons (Fsp3) is 1.00. The summed E-state index contributed by atoms with van der Waals surface area (Å²) in [7, 11) is 0. The molecule has 3 fully saturated rings. The number of fused-ring (bicyclic) bond motifs is 3. The molecule has 2 N–H and O–H groups in total. The molecule has 0 spiro atoms. The quantitative estimate of drug-likeness (QED) is 0.510. The highest BCUT2D eigenvalue weighted by Gasteiger charge is 2.64. The molecule has 0 aromatic rings.